The van der Waals surface area contributed by atoms with E-state index in [9.17, 15) is 0 Å². The van der Waals surface area contributed by atoms with Gasteiger partial charge in [-0.1, -0.05) is 13.8 Å². The quantitative estimate of drug-likeness (QED) is 0.734. The molecule has 0 radical (unpaired) electrons. The van der Waals surface area contributed by atoms with Crippen LogP contribution in [0.15, 0.2) is 18.5 Å². The zero-order valence-electron chi connectivity index (χ0n) is 10.0. The van der Waals surface area contributed by atoms with Crippen molar-refractivity contribution in [1.82, 2.24) is 4.98 Å². The number of halogens is 1. The number of piperidine rings is 1. The Labute approximate surface area is 103 Å². The third-order valence-electron chi connectivity index (χ3n) is 3.27. The van der Waals surface area contributed by atoms with Crippen LogP contribution in [0.5, 0.6) is 0 Å². The van der Waals surface area contributed by atoms with Crippen LogP contribution in [0.2, 0.25) is 0 Å². The Balaban J connectivity index is 2.23. The molecule has 2 nitrogen and oxygen atoms in total. The van der Waals surface area contributed by atoms with Crippen molar-refractivity contribution in [3.05, 3.63) is 24.0 Å². The number of alkyl halides is 1. The van der Waals surface area contributed by atoms with Crippen LogP contribution in [0, 0.1) is 5.41 Å². The Kier molecular flexibility index (Phi) is 3.38. The molecule has 0 amide bonds. The molecule has 16 heavy (non-hydrogen) atoms. The summed E-state index contributed by atoms with van der Waals surface area (Å²) in [4.78, 5) is 6.64. The number of hydrogen-bond acceptors (Lipinski definition) is 2. The van der Waals surface area contributed by atoms with Gasteiger partial charge in [-0.2, -0.15) is 0 Å². The topological polar surface area (TPSA) is 16.1 Å². The van der Waals surface area contributed by atoms with Crippen LogP contribution in [0.4, 0.5) is 5.69 Å². The van der Waals surface area contributed by atoms with Gasteiger partial charge in [0.05, 0.1) is 11.9 Å². The van der Waals surface area contributed by atoms with E-state index in [2.05, 4.69) is 23.7 Å². The van der Waals surface area contributed by atoms with Crippen LogP contribution >= 0.6 is 11.6 Å². The van der Waals surface area contributed by atoms with Gasteiger partial charge < -0.3 is 4.90 Å². The molecule has 0 aromatic carbocycles. The van der Waals surface area contributed by atoms with E-state index in [1.54, 1.807) is 0 Å². The van der Waals surface area contributed by atoms with E-state index in [1.165, 1.54) is 24.1 Å². The molecule has 2 heterocycles. The highest BCUT2D eigenvalue weighted by atomic mass is 35.5. The third-order valence-corrected chi connectivity index (χ3v) is 3.56. The molecule has 1 aliphatic rings. The zero-order chi connectivity index (χ0) is 11.6. The Bertz CT molecular complexity index is 363. The van der Waals surface area contributed by atoms with E-state index in [4.69, 9.17) is 11.6 Å². The van der Waals surface area contributed by atoms with Gasteiger partial charge in [0, 0.05) is 25.2 Å². The van der Waals surface area contributed by atoms with Gasteiger partial charge >= 0.3 is 0 Å². The fraction of sp³-hybridized carbons (Fsp3) is 0.615. The molecule has 0 atom stereocenters. The molecule has 1 saturated heterocycles. The smallest absolute Gasteiger partial charge is 0.0597 e. The molecule has 1 aliphatic heterocycles. The molecular formula is C13H19ClN2. The molecule has 1 aromatic rings. The second-order valence-corrected chi connectivity index (χ2v) is 5.59. The van der Waals surface area contributed by atoms with Gasteiger partial charge in [-0.15, -0.1) is 11.6 Å². The molecule has 0 bridgehead atoms. The molecule has 0 saturated carbocycles. The van der Waals surface area contributed by atoms with Crippen molar-refractivity contribution in [3.8, 4) is 0 Å². The fourth-order valence-corrected chi connectivity index (χ4v) is 2.67. The maximum Gasteiger partial charge on any atom is 0.0597 e. The molecule has 3 heteroatoms. The lowest BCUT2D eigenvalue weighted by Crippen LogP contribution is -2.40. The van der Waals surface area contributed by atoms with Crippen LogP contribution in [0.1, 0.15) is 32.3 Å². The van der Waals surface area contributed by atoms with Crippen molar-refractivity contribution < 1.29 is 0 Å². The lowest BCUT2D eigenvalue weighted by molar-refractivity contribution is 0.293. The Morgan fingerprint density at radius 3 is 3.00 bits per heavy atom. The molecule has 1 fully saturated rings. The van der Waals surface area contributed by atoms with Crippen LogP contribution < -0.4 is 4.90 Å². The predicted octanol–water partition coefficient (Wildman–Crippen LogP) is 3.45. The first-order valence-corrected chi connectivity index (χ1v) is 6.40. The van der Waals surface area contributed by atoms with Crippen molar-refractivity contribution in [2.75, 3.05) is 18.0 Å². The van der Waals surface area contributed by atoms with Gasteiger partial charge in [0.25, 0.3) is 0 Å². The number of nitrogens with zero attached hydrogens (tertiary/aromatic N) is 2. The van der Waals surface area contributed by atoms with Crippen molar-refractivity contribution >= 4 is 17.3 Å². The lowest BCUT2D eigenvalue weighted by Gasteiger charge is -2.39. The summed E-state index contributed by atoms with van der Waals surface area (Å²) in [6.07, 6.45) is 6.32. The molecule has 1 aromatic heterocycles. The lowest BCUT2D eigenvalue weighted by atomic mass is 9.84. The van der Waals surface area contributed by atoms with Crippen molar-refractivity contribution in [2.24, 2.45) is 5.41 Å². The minimum atomic E-state index is 0.400. The summed E-state index contributed by atoms with van der Waals surface area (Å²) < 4.78 is 0. The number of aromatic nitrogens is 1. The molecule has 0 unspecified atom stereocenters. The van der Waals surface area contributed by atoms with E-state index >= 15 is 0 Å². The van der Waals surface area contributed by atoms with Gasteiger partial charge in [0.1, 0.15) is 0 Å². The summed E-state index contributed by atoms with van der Waals surface area (Å²) in [5.41, 5.74) is 2.80. The molecule has 0 N–H and O–H groups in total. The van der Waals surface area contributed by atoms with Gasteiger partial charge in [-0.05, 0) is 29.9 Å². The summed E-state index contributed by atoms with van der Waals surface area (Å²) in [5, 5.41) is 0. The van der Waals surface area contributed by atoms with Gasteiger partial charge in [0.15, 0.2) is 0 Å². The highest BCUT2D eigenvalue weighted by Gasteiger charge is 2.27. The summed E-state index contributed by atoms with van der Waals surface area (Å²) in [7, 11) is 0. The minimum absolute atomic E-state index is 0.400. The monoisotopic (exact) mass is 238 g/mol. The van der Waals surface area contributed by atoms with Gasteiger partial charge in [0.2, 0.25) is 0 Å². The number of rotatable bonds is 2. The van der Waals surface area contributed by atoms with Crippen molar-refractivity contribution in [3.63, 3.8) is 0 Å². The second-order valence-electron chi connectivity index (χ2n) is 5.33. The summed E-state index contributed by atoms with van der Waals surface area (Å²) in [6.45, 7) is 6.88. The highest BCUT2D eigenvalue weighted by molar-refractivity contribution is 6.17. The predicted molar refractivity (Wildman–Crippen MR) is 69.0 cm³/mol. The first-order chi connectivity index (χ1) is 7.62. The zero-order valence-corrected chi connectivity index (χ0v) is 10.8. The van der Waals surface area contributed by atoms with Crippen LogP contribution in [-0.2, 0) is 5.88 Å². The van der Waals surface area contributed by atoms with Gasteiger partial charge in [-0.3, -0.25) is 4.98 Å². The first-order valence-electron chi connectivity index (χ1n) is 5.86. The maximum atomic E-state index is 5.97. The van der Waals surface area contributed by atoms with E-state index in [0.717, 1.165) is 13.1 Å². The Hall–Kier alpha value is -0.760. The molecular weight excluding hydrogens is 220 g/mol. The molecule has 0 aliphatic carbocycles. The largest absolute Gasteiger partial charge is 0.369 e. The number of anilines is 1. The Morgan fingerprint density at radius 2 is 2.31 bits per heavy atom. The molecule has 2 rings (SSSR count). The van der Waals surface area contributed by atoms with Crippen LogP contribution in [0.25, 0.3) is 0 Å². The van der Waals surface area contributed by atoms with Crippen LogP contribution in [0.3, 0.4) is 0 Å². The van der Waals surface area contributed by atoms with E-state index in [1.807, 2.05) is 18.5 Å². The number of hydrogen-bond donors (Lipinski definition) is 0. The van der Waals surface area contributed by atoms with Crippen molar-refractivity contribution in [2.45, 2.75) is 32.6 Å². The third kappa shape index (κ3) is 2.49. The average molecular weight is 239 g/mol. The summed E-state index contributed by atoms with van der Waals surface area (Å²) in [5.74, 6) is 0.564. The Morgan fingerprint density at radius 1 is 1.50 bits per heavy atom. The molecule has 0 spiro atoms. The standard InChI is InChI=1S/C13H19ClN2/c1-13(2)5-3-7-16(10-13)12-9-15-6-4-11(12)8-14/h4,6,9H,3,5,7-8,10H2,1-2H3. The number of pyridine rings is 1. The molecule has 88 valence electrons. The van der Waals surface area contributed by atoms with E-state index < -0.39 is 0 Å². The second kappa shape index (κ2) is 4.62. The normalized spacial score (nSPS) is 19.8. The van der Waals surface area contributed by atoms with Gasteiger partial charge in [-0.25, -0.2) is 0 Å². The average Bonchev–Trinajstić information content (AvgIpc) is 2.27. The van der Waals surface area contributed by atoms with E-state index in [0.29, 0.717) is 11.3 Å². The fourth-order valence-electron chi connectivity index (χ4n) is 2.44. The first kappa shape index (κ1) is 11.7. The minimum Gasteiger partial charge on any atom is -0.369 e. The summed E-state index contributed by atoms with van der Waals surface area (Å²) >= 11 is 5.97. The van der Waals surface area contributed by atoms with Crippen molar-refractivity contribution in [1.29, 1.82) is 0 Å². The highest BCUT2D eigenvalue weighted by Crippen LogP contribution is 2.32. The SMILES string of the molecule is CC1(C)CCCN(c2cnccc2CCl)C1. The maximum absolute atomic E-state index is 5.97. The summed E-state index contributed by atoms with van der Waals surface area (Å²) in [6, 6.07) is 2.02. The van der Waals surface area contributed by atoms with Crippen LogP contribution in [-0.4, -0.2) is 18.1 Å². The van der Waals surface area contributed by atoms with E-state index in [-0.39, 0.29) is 0 Å².